The number of aryl methyl sites for hydroxylation is 4. The lowest BCUT2D eigenvalue weighted by atomic mass is 9.86. The summed E-state index contributed by atoms with van der Waals surface area (Å²) in [6, 6.07) is 37.8. The number of benzene rings is 6. The molecule has 3 heterocycles. The van der Waals surface area contributed by atoms with Crippen LogP contribution in [-0.4, -0.2) is 14.5 Å². The summed E-state index contributed by atoms with van der Waals surface area (Å²) in [6.07, 6.45) is 4.66. The summed E-state index contributed by atoms with van der Waals surface area (Å²) in [5.41, 5.74) is 11.4. The minimum Gasteiger partial charge on any atom is -0.277 e. The minimum atomic E-state index is 0.731. The van der Waals surface area contributed by atoms with Crippen molar-refractivity contribution in [2.75, 3.05) is 0 Å². The maximum absolute atomic E-state index is 5.41. The summed E-state index contributed by atoms with van der Waals surface area (Å²) in [7, 11) is 0. The van der Waals surface area contributed by atoms with Gasteiger partial charge in [0.25, 0.3) is 0 Å². The second-order valence-electron chi connectivity index (χ2n) is 12.4. The Kier molecular flexibility index (Phi) is 4.42. The fourth-order valence-electron chi connectivity index (χ4n) is 7.79. The van der Waals surface area contributed by atoms with Crippen LogP contribution in [0.15, 0.2) is 103 Å². The van der Waals surface area contributed by atoms with Crippen molar-refractivity contribution in [2.45, 2.75) is 25.7 Å². The highest BCUT2D eigenvalue weighted by Gasteiger charge is 2.27. The Bertz CT molecular complexity index is 2710. The van der Waals surface area contributed by atoms with Gasteiger partial charge in [-0.15, -0.1) is 11.3 Å². The fourth-order valence-corrected chi connectivity index (χ4v) is 9.08. The molecule has 2 aliphatic rings. The molecule has 44 heavy (non-hydrogen) atoms. The third-order valence-corrected chi connectivity index (χ3v) is 11.3. The van der Waals surface area contributed by atoms with E-state index in [2.05, 4.69) is 108 Å². The number of fused-ring (bicyclic) bond motifs is 13. The van der Waals surface area contributed by atoms with Crippen molar-refractivity contribution >= 4 is 75.0 Å². The van der Waals surface area contributed by atoms with Crippen LogP contribution >= 0.6 is 11.3 Å². The van der Waals surface area contributed by atoms with Crippen LogP contribution in [0.4, 0.5) is 0 Å². The summed E-state index contributed by atoms with van der Waals surface area (Å²) in [5.74, 6) is 0.731. The largest absolute Gasteiger partial charge is 0.277 e. The Morgan fingerprint density at radius 3 is 2.00 bits per heavy atom. The Morgan fingerprint density at radius 1 is 0.545 bits per heavy atom. The monoisotopic (exact) mass is 579 g/mol. The van der Waals surface area contributed by atoms with Crippen LogP contribution in [0.5, 0.6) is 0 Å². The molecule has 4 heteroatoms. The van der Waals surface area contributed by atoms with Crippen LogP contribution in [0.1, 0.15) is 22.3 Å². The fraction of sp³-hybridized carbons (Fsp3) is 0.100. The molecule has 0 N–H and O–H groups in total. The van der Waals surface area contributed by atoms with E-state index in [0.717, 1.165) is 41.0 Å². The molecule has 3 aromatic heterocycles. The molecular weight excluding hydrogens is 555 g/mol. The third kappa shape index (κ3) is 2.96. The highest BCUT2D eigenvalue weighted by molar-refractivity contribution is 7.27. The van der Waals surface area contributed by atoms with Crippen molar-refractivity contribution in [3.63, 3.8) is 0 Å². The normalized spacial score (nSPS) is 14.0. The molecule has 11 rings (SSSR count). The molecule has 3 nitrogen and oxygen atoms in total. The van der Waals surface area contributed by atoms with Gasteiger partial charge in [-0.1, -0.05) is 72.8 Å². The number of para-hydroxylation sites is 1. The Hall–Kier alpha value is -5.06. The van der Waals surface area contributed by atoms with Gasteiger partial charge in [-0.3, -0.25) is 4.57 Å². The zero-order valence-corrected chi connectivity index (χ0v) is 24.7. The van der Waals surface area contributed by atoms with E-state index >= 15 is 0 Å². The number of hydrogen-bond donors (Lipinski definition) is 0. The molecule has 9 aromatic rings. The summed E-state index contributed by atoms with van der Waals surface area (Å²) in [4.78, 5) is 10.7. The molecule has 206 valence electrons. The SMILES string of the molecule is c1ccc(-c2nc(-n3c4cc5c(cc4c4c6c7cc8c(cc7sc6c6ccccc6c43)CC8)CC5)nc3ccccc23)cc1. The van der Waals surface area contributed by atoms with E-state index in [1.54, 1.807) is 0 Å². The lowest BCUT2D eigenvalue weighted by Gasteiger charge is -2.19. The number of hydrogen-bond acceptors (Lipinski definition) is 3. The van der Waals surface area contributed by atoms with Gasteiger partial charge in [0.1, 0.15) is 0 Å². The molecule has 0 bridgehead atoms. The van der Waals surface area contributed by atoms with E-state index in [4.69, 9.17) is 9.97 Å². The molecule has 0 fully saturated rings. The molecule has 0 saturated heterocycles. The highest BCUT2D eigenvalue weighted by Crippen LogP contribution is 2.50. The molecule has 0 unspecified atom stereocenters. The van der Waals surface area contributed by atoms with Crippen molar-refractivity contribution in [3.05, 3.63) is 125 Å². The predicted octanol–water partition coefficient (Wildman–Crippen LogP) is 10.1. The second-order valence-corrected chi connectivity index (χ2v) is 13.5. The molecule has 0 saturated carbocycles. The van der Waals surface area contributed by atoms with Crippen LogP contribution in [0.3, 0.4) is 0 Å². The average Bonchev–Trinajstić information content (AvgIpc) is 3.58. The van der Waals surface area contributed by atoms with Gasteiger partial charge in [-0.2, -0.15) is 0 Å². The number of aromatic nitrogens is 3. The summed E-state index contributed by atoms with van der Waals surface area (Å²) in [6.45, 7) is 0. The van der Waals surface area contributed by atoms with Gasteiger partial charge in [-0.05, 0) is 78.3 Å². The first-order valence-electron chi connectivity index (χ1n) is 15.5. The lowest BCUT2D eigenvalue weighted by Crippen LogP contribution is -2.09. The van der Waals surface area contributed by atoms with E-state index < -0.39 is 0 Å². The smallest absolute Gasteiger partial charge is 0.235 e. The van der Waals surface area contributed by atoms with Gasteiger partial charge in [0.05, 0.1) is 22.2 Å². The number of nitrogens with zero attached hydrogens (tertiary/aromatic N) is 3. The molecule has 0 amide bonds. The number of thiophene rings is 1. The Labute approximate surface area is 257 Å². The predicted molar refractivity (Wildman–Crippen MR) is 185 cm³/mol. The maximum atomic E-state index is 5.41. The molecule has 0 atom stereocenters. The molecule has 0 spiro atoms. The lowest BCUT2D eigenvalue weighted by molar-refractivity contribution is 0.842. The first kappa shape index (κ1) is 23.4. The summed E-state index contributed by atoms with van der Waals surface area (Å²) >= 11 is 1.96. The van der Waals surface area contributed by atoms with Gasteiger partial charge in [0.2, 0.25) is 5.95 Å². The van der Waals surface area contributed by atoms with E-state index in [1.165, 1.54) is 87.8 Å². The average molecular weight is 580 g/mol. The first-order chi connectivity index (χ1) is 21.8. The van der Waals surface area contributed by atoms with Crippen molar-refractivity contribution in [1.82, 2.24) is 14.5 Å². The van der Waals surface area contributed by atoms with Crippen molar-refractivity contribution in [1.29, 1.82) is 0 Å². The molecule has 6 aromatic carbocycles. The van der Waals surface area contributed by atoms with Crippen LogP contribution in [0.2, 0.25) is 0 Å². The first-order valence-corrected chi connectivity index (χ1v) is 16.3. The van der Waals surface area contributed by atoms with Crippen LogP contribution in [-0.2, 0) is 25.7 Å². The van der Waals surface area contributed by atoms with Crippen LogP contribution in [0.25, 0.3) is 80.9 Å². The van der Waals surface area contributed by atoms with Gasteiger partial charge in [0, 0.05) is 52.7 Å². The van der Waals surface area contributed by atoms with Crippen molar-refractivity contribution < 1.29 is 0 Å². The minimum absolute atomic E-state index is 0.731. The van der Waals surface area contributed by atoms with E-state index in [1.807, 2.05) is 11.3 Å². The van der Waals surface area contributed by atoms with Gasteiger partial charge in [-0.25, -0.2) is 9.97 Å². The van der Waals surface area contributed by atoms with E-state index in [-0.39, 0.29) is 0 Å². The standard InChI is InChI=1S/C40H25N3S/c1-2-8-22(9-3-1)37-29-12-6-7-13-32(29)41-40(42-37)43-33-20-25-16-14-23(25)18-30(33)35-36-31-19-24-15-17-26(24)21-34(31)44-39(36)28-11-5-4-10-27(28)38(35)43/h1-13,18-21H,14-17H2. The molecule has 2 aliphatic carbocycles. The van der Waals surface area contributed by atoms with Gasteiger partial charge in [0.15, 0.2) is 0 Å². The second kappa shape index (κ2) is 8.31. The van der Waals surface area contributed by atoms with Crippen LogP contribution in [0, 0.1) is 0 Å². The molecule has 0 aliphatic heterocycles. The van der Waals surface area contributed by atoms with Crippen LogP contribution < -0.4 is 0 Å². The topological polar surface area (TPSA) is 30.7 Å². The molecular formula is C40H25N3S. The van der Waals surface area contributed by atoms with Gasteiger partial charge >= 0.3 is 0 Å². The zero-order valence-electron chi connectivity index (χ0n) is 23.9. The van der Waals surface area contributed by atoms with Crippen molar-refractivity contribution in [3.8, 4) is 17.2 Å². The molecule has 0 radical (unpaired) electrons. The highest BCUT2D eigenvalue weighted by atomic mass is 32.1. The third-order valence-electron chi connectivity index (χ3n) is 10.1. The number of rotatable bonds is 2. The van der Waals surface area contributed by atoms with Crippen molar-refractivity contribution in [2.24, 2.45) is 0 Å². The quantitative estimate of drug-likeness (QED) is 0.204. The summed E-state index contributed by atoms with van der Waals surface area (Å²) < 4.78 is 5.17. The summed E-state index contributed by atoms with van der Waals surface area (Å²) in [5, 5.41) is 9.07. The van der Waals surface area contributed by atoms with Gasteiger partial charge < -0.3 is 0 Å². The van der Waals surface area contributed by atoms with E-state index in [9.17, 15) is 0 Å². The van der Waals surface area contributed by atoms with E-state index in [0.29, 0.717) is 0 Å². The Balaban J connectivity index is 1.38. The Morgan fingerprint density at radius 2 is 1.20 bits per heavy atom. The zero-order chi connectivity index (χ0) is 28.5. The maximum Gasteiger partial charge on any atom is 0.235 e.